The molecule has 1 unspecified atom stereocenters. The van der Waals surface area contributed by atoms with Crippen LogP contribution in [0, 0.1) is 11.8 Å². The Bertz CT molecular complexity index is 175. The molecule has 14 heavy (non-hydrogen) atoms. The summed E-state index contributed by atoms with van der Waals surface area (Å²) >= 11 is 0. The summed E-state index contributed by atoms with van der Waals surface area (Å²) in [5.74, 6) is 1.74. The average molecular weight is 196 g/mol. The van der Waals surface area contributed by atoms with Gasteiger partial charge in [-0.15, -0.1) is 0 Å². The minimum Gasteiger partial charge on any atom is -0.330 e. The SMILES string of the molecule is CC1CC(N2CCCCC(CN)C2)C1. The zero-order chi connectivity index (χ0) is 9.97. The van der Waals surface area contributed by atoms with Crippen molar-refractivity contribution in [3.63, 3.8) is 0 Å². The molecule has 1 aliphatic heterocycles. The molecule has 82 valence electrons. The van der Waals surface area contributed by atoms with Crippen LogP contribution in [0.1, 0.15) is 39.0 Å². The molecule has 1 atom stereocenters. The van der Waals surface area contributed by atoms with Gasteiger partial charge in [0.15, 0.2) is 0 Å². The quantitative estimate of drug-likeness (QED) is 0.730. The van der Waals surface area contributed by atoms with Crippen molar-refractivity contribution in [2.45, 2.75) is 45.1 Å². The second-order valence-electron chi connectivity index (χ2n) is 5.32. The largest absolute Gasteiger partial charge is 0.330 e. The fourth-order valence-corrected chi connectivity index (χ4v) is 2.94. The van der Waals surface area contributed by atoms with Crippen LogP contribution < -0.4 is 5.73 Å². The van der Waals surface area contributed by atoms with Gasteiger partial charge in [-0.2, -0.15) is 0 Å². The first-order chi connectivity index (χ1) is 6.79. The molecule has 1 saturated carbocycles. The van der Waals surface area contributed by atoms with E-state index in [4.69, 9.17) is 5.73 Å². The lowest BCUT2D eigenvalue weighted by Gasteiger charge is -2.42. The molecule has 2 heteroatoms. The van der Waals surface area contributed by atoms with Crippen LogP contribution >= 0.6 is 0 Å². The molecule has 0 aromatic carbocycles. The zero-order valence-electron chi connectivity index (χ0n) is 9.41. The standard InChI is InChI=1S/C12H24N2/c1-10-6-12(7-10)14-5-3-2-4-11(8-13)9-14/h10-12H,2-9,13H2,1H3. The summed E-state index contributed by atoms with van der Waals surface area (Å²) in [6.45, 7) is 5.86. The highest BCUT2D eigenvalue weighted by Crippen LogP contribution is 2.33. The average Bonchev–Trinajstić information content (AvgIpc) is 2.37. The van der Waals surface area contributed by atoms with Crippen molar-refractivity contribution in [3.05, 3.63) is 0 Å². The Kier molecular flexibility index (Phi) is 3.45. The summed E-state index contributed by atoms with van der Waals surface area (Å²) < 4.78 is 0. The van der Waals surface area contributed by atoms with E-state index in [9.17, 15) is 0 Å². The third kappa shape index (κ3) is 2.29. The molecule has 0 aromatic heterocycles. The predicted octanol–water partition coefficient (Wildman–Crippen LogP) is 1.85. The second kappa shape index (κ2) is 4.63. The topological polar surface area (TPSA) is 29.3 Å². The molecule has 2 rings (SSSR count). The number of hydrogen-bond acceptors (Lipinski definition) is 2. The van der Waals surface area contributed by atoms with Crippen molar-refractivity contribution in [1.29, 1.82) is 0 Å². The smallest absolute Gasteiger partial charge is 0.0100 e. The fraction of sp³-hybridized carbons (Fsp3) is 1.00. The highest BCUT2D eigenvalue weighted by molar-refractivity contribution is 4.87. The molecule has 1 saturated heterocycles. The summed E-state index contributed by atoms with van der Waals surface area (Å²) in [6, 6.07) is 0.900. The Morgan fingerprint density at radius 3 is 2.71 bits per heavy atom. The van der Waals surface area contributed by atoms with Gasteiger partial charge < -0.3 is 10.6 Å². The zero-order valence-corrected chi connectivity index (χ0v) is 9.41. The third-order valence-electron chi connectivity index (χ3n) is 4.00. The van der Waals surface area contributed by atoms with Crippen LogP contribution in [0.2, 0.25) is 0 Å². The van der Waals surface area contributed by atoms with Gasteiger partial charge in [-0.05, 0) is 50.6 Å². The van der Waals surface area contributed by atoms with Crippen LogP contribution in [0.25, 0.3) is 0 Å². The lowest BCUT2D eigenvalue weighted by molar-refractivity contribution is 0.0790. The Hall–Kier alpha value is -0.0800. The molecule has 0 aromatic rings. The highest BCUT2D eigenvalue weighted by atomic mass is 15.2. The molecule has 1 aliphatic carbocycles. The van der Waals surface area contributed by atoms with E-state index in [0.29, 0.717) is 0 Å². The van der Waals surface area contributed by atoms with E-state index in [0.717, 1.165) is 24.4 Å². The van der Waals surface area contributed by atoms with Crippen molar-refractivity contribution in [1.82, 2.24) is 4.90 Å². The lowest BCUT2D eigenvalue weighted by atomic mass is 9.80. The minimum absolute atomic E-state index is 0.772. The van der Waals surface area contributed by atoms with Crippen molar-refractivity contribution >= 4 is 0 Å². The van der Waals surface area contributed by atoms with E-state index in [1.807, 2.05) is 0 Å². The van der Waals surface area contributed by atoms with Gasteiger partial charge in [0.1, 0.15) is 0 Å². The van der Waals surface area contributed by atoms with Gasteiger partial charge in [0.25, 0.3) is 0 Å². The highest BCUT2D eigenvalue weighted by Gasteiger charge is 2.32. The van der Waals surface area contributed by atoms with Crippen LogP contribution in [0.5, 0.6) is 0 Å². The van der Waals surface area contributed by atoms with E-state index in [1.165, 1.54) is 45.2 Å². The predicted molar refractivity (Wildman–Crippen MR) is 60.2 cm³/mol. The van der Waals surface area contributed by atoms with Crippen molar-refractivity contribution in [2.75, 3.05) is 19.6 Å². The first-order valence-corrected chi connectivity index (χ1v) is 6.23. The Morgan fingerprint density at radius 1 is 1.29 bits per heavy atom. The van der Waals surface area contributed by atoms with E-state index in [1.54, 1.807) is 0 Å². The summed E-state index contributed by atoms with van der Waals surface area (Å²) in [7, 11) is 0. The number of nitrogens with two attached hydrogens (primary N) is 1. The van der Waals surface area contributed by atoms with Gasteiger partial charge in [-0.25, -0.2) is 0 Å². The van der Waals surface area contributed by atoms with Crippen LogP contribution in [0.15, 0.2) is 0 Å². The van der Waals surface area contributed by atoms with Crippen molar-refractivity contribution < 1.29 is 0 Å². The van der Waals surface area contributed by atoms with Gasteiger partial charge >= 0.3 is 0 Å². The molecular formula is C12H24N2. The van der Waals surface area contributed by atoms with E-state index < -0.39 is 0 Å². The molecule has 0 amide bonds. The first-order valence-electron chi connectivity index (χ1n) is 6.23. The Balaban J connectivity index is 1.84. The lowest BCUT2D eigenvalue weighted by Crippen LogP contribution is -2.46. The van der Waals surface area contributed by atoms with Gasteiger partial charge in [-0.1, -0.05) is 13.3 Å². The number of nitrogens with zero attached hydrogens (tertiary/aromatic N) is 1. The number of rotatable bonds is 2. The second-order valence-corrected chi connectivity index (χ2v) is 5.32. The molecule has 0 radical (unpaired) electrons. The monoisotopic (exact) mass is 196 g/mol. The first kappa shape index (κ1) is 10.4. The van der Waals surface area contributed by atoms with E-state index >= 15 is 0 Å². The molecule has 2 N–H and O–H groups in total. The van der Waals surface area contributed by atoms with Gasteiger partial charge in [0, 0.05) is 12.6 Å². The molecule has 2 nitrogen and oxygen atoms in total. The van der Waals surface area contributed by atoms with Crippen LogP contribution in [0.3, 0.4) is 0 Å². The molecule has 0 bridgehead atoms. The van der Waals surface area contributed by atoms with E-state index in [-0.39, 0.29) is 0 Å². The third-order valence-corrected chi connectivity index (χ3v) is 4.00. The Labute approximate surface area is 87.8 Å². The Morgan fingerprint density at radius 2 is 2.07 bits per heavy atom. The van der Waals surface area contributed by atoms with E-state index in [2.05, 4.69) is 11.8 Å². The summed E-state index contributed by atoms with van der Waals surface area (Å²) in [5, 5.41) is 0. The molecule has 1 heterocycles. The normalized spacial score (nSPS) is 40.3. The van der Waals surface area contributed by atoms with Crippen molar-refractivity contribution in [3.8, 4) is 0 Å². The molecule has 2 aliphatic rings. The number of likely N-dealkylation sites (tertiary alicyclic amines) is 1. The maximum atomic E-state index is 5.80. The maximum Gasteiger partial charge on any atom is 0.0100 e. The van der Waals surface area contributed by atoms with Gasteiger partial charge in [0.05, 0.1) is 0 Å². The van der Waals surface area contributed by atoms with Gasteiger partial charge in [0.2, 0.25) is 0 Å². The minimum atomic E-state index is 0.772. The molecule has 0 spiro atoms. The fourth-order valence-electron chi connectivity index (χ4n) is 2.94. The van der Waals surface area contributed by atoms with Crippen LogP contribution in [-0.2, 0) is 0 Å². The molecular weight excluding hydrogens is 172 g/mol. The summed E-state index contributed by atoms with van der Waals surface area (Å²) in [5.41, 5.74) is 5.80. The van der Waals surface area contributed by atoms with Crippen molar-refractivity contribution in [2.24, 2.45) is 17.6 Å². The summed E-state index contributed by atoms with van der Waals surface area (Å²) in [6.07, 6.45) is 6.99. The maximum absolute atomic E-state index is 5.80. The summed E-state index contributed by atoms with van der Waals surface area (Å²) in [4.78, 5) is 2.71. The number of hydrogen-bond donors (Lipinski definition) is 1. The van der Waals surface area contributed by atoms with Crippen LogP contribution in [-0.4, -0.2) is 30.6 Å². The van der Waals surface area contributed by atoms with Gasteiger partial charge in [-0.3, -0.25) is 0 Å². The molecule has 2 fully saturated rings. The van der Waals surface area contributed by atoms with Crippen LogP contribution in [0.4, 0.5) is 0 Å².